The molecule has 0 amide bonds. The molecule has 37 valence electrons. The zero-order chi connectivity index (χ0) is 5.41. The van der Waals surface area contributed by atoms with Crippen LogP contribution < -0.4 is 0 Å². The molecule has 0 N–H and O–H groups in total. The first-order chi connectivity index (χ1) is 2.83. The molecule has 0 spiro atoms. The van der Waals surface area contributed by atoms with E-state index >= 15 is 0 Å². The van der Waals surface area contributed by atoms with Gasteiger partial charge in [-0.1, -0.05) is 0 Å². The molecule has 2 nitrogen and oxygen atoms in total. The van der Waals surface area contributed by atoms with E-state index in [4.69, 9.17) is 9.59 Å². The molecule has 0 heterocycles. The summed E-state index contributed by atoms with van der Waals surface area (Å²) in [7, 11) is 0. The third kappa shape index (κ3) is 1230. The van der Waals surface area contributed by atoms with Crippen molar-refractivity contribution in [2.45, 2.75) is 0 Å². The average Bonchev–Trinajstić information content (AvgIpc) is 1.39. The molecular weight excluding hydrogens is 171 g/mol. The molecule has 0 aromatic carbocycles. The molecule has 0 radical (unpaired) electrons. The Kier molecular flexibility index (Phi) is 30.1. The van der Waals surface area contributed by atoms with Gasteiger partial charge in [0.15, 0.2) is 0 Å². The van der Waals surface area contributed by atoms with E-state index in [1.807, 2.05) is 0 Å². The first-order valence-corrected chi connectivity index (χ1v) is 1.82. The molecule has 0 saturated carbocycles. The summed E-state index contributed by atoms with van der Waals surface area (Å²) in [6.45, 7) is 0. The van der Waals surface area contributed by atoms with Crippen LogP contribution in [-0.4, -0.2) is 9.61 Å². The van der Waals surface area contributed by atoms with Gasteiger partial charge in [0, 0.05) is 0 Å². The van der Waals surface area contributed by atoms with Gasteiger partial charge in [0.1, 0.15) is 0 Å². The van der Waals surface area contributed by atoms with Crippen LogP contribution in [0.1, 0.15) is 0 Å². The van der Waals surface area contributed by atoms with Crippen molar-refractivity contribution in [3.05, 3.63) is 0 Å². The molecule has 6 heavy (non-hydrogen) atoms. The molecule has 0 aromatic heterocycles. The monoisotopic (exact) mass is 171 g/mol. The molecule has 0 aromatic rings. The SMILES string of the molecule is O=[C]=[Co].O=[C]=[Fe]. The summed E-state index contributed by atoms with van der Waals surface area (Å²) < 4.78 is 0. The van der Waals surface area contributed by atoms with Gasteiger partial charge in [-0.15, -0.1) is 0 Å². The molecule has 0 aliphatic heterocycles. The maximum absolute atomic E-state index is 8.57. The molecular formula is C2CoFeO2. The van der Waals surface area contributed by atoms with Crippen molar-refractivity contribution in [3.63, 3.8) is 0 Å². The molecule has 4 heteroatoms. The molecule has 0 aliphatic rings. The Labute approximate surface area is 50.4 Å². The van der Waals surface area contributed by atoms with Crippen LogP contribution in [0.5, 0.6) is 0 Å². The molecule has 0 unspecified atom stereocenters. The van der Waals surface area contributed by atoms with E-state index in [-0.39, 0.29) is 0 Å². The van der Waals surface area contributed by atoms with E-state index in [1.165, 1.54) is 9.61 Å². The Hall–Kier alpha value is 0.186. The van der Waals surface area contributed by atoms with Gasteiger partial charge in [-0.25, -0.2) is 0 Å². The van der Waals surface area contributed by atoms with Gasteiger partial charge >= 0.3 is 50.1 Å². The van der Waals surface area contributed by atoms with Crippen LogP contribution in [0.2, 0.25) is 0 Å². The minimum atomic E-state index is 1.19. The van der Waals surface area contributed by atoms with Crippen LogP contribution in [-0.2, 0) is 40.5 Å². The second-order valence-corrected chi connectivity index (χ2v) is 0.578. The Morgan fingerprint density at radius 1 is 1.50 bits per heavy atom. The van der Waals surface area contributed by atoms with E-state index in [1.54, 1.807) is 0 Å². The predicted octanol–water partition coefficient (Wildman–Crippen LogP) is -0.799. The van der Waals surface area contributed by atoms with Crippen LogP contribution in [0.3, 0.4) is 0 Å². The Bertz CT molecular complexity index is 65.5. The van der Waals surface area contributed by atoms with E-state index in [9.17, 15) is 0 Å². The fourth-order valence-corrected chi connectivity index (χ4v) is 0. The van der Waals surface area contributed by atoms with Crippen LogP contribution in [0.4, 0.5) is 0 Å². The predicted molar refractivity (Wildman–Crippen MR) is 11.4 cm³/mol. The van der Waals surface area contributed by atoms with Crippen LogP contribution in [0.15, 0.2) is 0 Å². The number of rotatable bonds is 0. The van der Waals surface area contributed by atoms with Gasteiger partial charge in [0.2, 0.25) is 0 Å². The Morgan fingerprint density at radius 3 is 1.50 bits per heavy atom. The van der Waals surface area contributed by atoms with Crippen LogP contribution in [0.25, 0.3) is 0 Å². The van der Waals surface area contributed by atoms with Crippen LogP contribution >= 0.6 is 0 Å². The minimum absolute atomic E-state index is 1.19. The molecule has 0 saturated heterocycles. The van der Waals surface area contributed by atoms with Gasteiger partial charge in [-0.05, 0) is 0 Å². The molecule has 0 fully saturated rings. The molecule has 0 rings (SSSR count). The van der Waals surface area contributed by atoms with E-state index in [2.05, 4.69) is 30.9 Å². The topological polar surface area (TPSA) is 34.1 Å². The number of hydrogen-bond acceptors (Lipinski definition) is 2. The summed E-state index contributed by atoms with van der Waals surface area (Å²) >= 11 is 5.70. The summed E-state index contributed by atoms with van der Waals surface area (Å²) in [6.07, 6.45) is 0. The summed E-state index contributed by atoms with van der Waals surface area (Å²) in [4.78, 5) is 19.5. The quantitative estimate of drug-likeness (QED) is 0.447. The maximum atomic E-state index is 8.57. The molecule has 0 bridgehead atoms. The third-order valence-electron chi connectivity index (χ3n) is 0. The normalized spacial score (nSPS) is 3.00. The average molecular weight is 171 g/mol. The Morgan fingerprint density at radius 2 is 1.50 bits per heavy atom. The third-order valence-corrected chi connectivity index (χ3v) is 0. The van der Waals surface area contributed by atoms with E-state index in [0.717, 1.165) is 0 Å². The van der Waals surface area contributed by atoms with Crippen molar-refractivity contribution in [1.29, 1.82) is 0 Å². The summed E-state index contributed by atoms with van der Waals surface area (Å²) in [5.41, 5.74) is 0. The van der Waals surface area contributed by atoms with Crippen molar-refractivity contribution in [2.75, 3.05) is 0 Å². The zero-order valence-electron chi connectivity index (χ0n) is 2.50. The molecule has 0 atom stereocenters. The second-order valence-electron chi connectivity index (χ2n) is 0.140. The zero-order valence-corrected chi connectivity index (χ0v) is 4.65. The van der Waals surface area contributed by atoms with Gasteiger partial charge in [-0.3, -0.25) is 0 Å². The van der Waals surface area contributed by atoms with Gasteiger partial charge in [-0.2, -0.15) is 0 Å². The van der Waals surface area contributed by atoms with Gasteiger partial charge in [0.05, 0.1) is 0 Å². The summed E-state index contributed by atoms with van der Waals surface area (Å²) in [5.74, 6) is 0. The fraction of sp³-hybridized carbons (Fsp3) is 0. The van der Waals surface area contributed by atoms with E-state index < -0.39 is 0 Å². The van der Waals surface area contributed by atoms with Crippen molar-refractivity contribution in [3.8, 4) is 0 Å². The summed E-state index contributed by atoms with van der Waals surface area (Å²) in [6, 6.07) is 0. The first kappa shape index (κ1) is 9.49. The van der Waals surface area contributed by atoms with E-state index in [0.29, 0.717) is 0 Å². The second kappa shape index (κ2) is 19.0. The first-order valence-electron chi connectivity index (χ1n) is 0.752. The van der Waals surface area contributed by atoms with Crippen molar-refractivity contribution in [1.82, 2.24) is 0 Å². The molecule has 0 aliphatic carbocycles. The van der Waals surface area contributed by atoms with Crippen molar-refractivity contribution >= 4 is 9.61 Å². The number of hydrogen-bond donors (Lipinski definition) is 0. The van der Waals surface area contributed by atoms with Gasteiger partial charge < -0.3 is 0 Å². The van der Waals surface area contributed by atoms with Crippen molar-refractivity contribution < 1.29 is 40.5 Å². The Balaban J connectivity index is 0. The van der Waals surface area contributed by atoms with Crippen molar-refractivity contribution in [2.24, 2.45) is 0 Å². The standard InChI is InChI=1S/2CO.Co.Fe/c2*1-2;;. The summed E-state index contributed by atoms with van der Waals surface area (Å²) in [5, 5.41) is 0. The fourth-order valence-electron chi connectivity index (χ4n) is 0. The van der Waals surface area contributed by atoms with Crippen LogP contribution in [0, 0.1) is 0 Å². The number of carbonyl (C=O) groups excluding carboxylic acids is 2. The van der Waals surface area contributed by atoms with Gasteiger partial charge in [0.25, 0.3) is 0 Å².